The van der Waals surface area contributed by atoms with E-state index in [9.17, 15) is 13.0 Å². The van der Waals surface area contributed by atoms with Crippen LogP contribution in [0.15, 0.2) is 41.4 Å². The molecular weight excluding hydrogens is 366 g/mol. The summed E-state index contributed by atoms with van der Waals surface area (Å²) in [5.74, 6) is 0. The minimum Gasteiger partial charge on any atom is -0.285 e. The standard InChI is InChI=1S/C12H10Cl4O3S/c13-9-6-10(20(17,18)19)11(14,7-12(9,15)16)8-4-2-1-3-5-8/h1-6,10H,7H2,(H,17,18,19). The van der Waals surface area contributed by atoms with Crippen LogP contribution in [0.25, 0.3) is 0 Å². The smallest absolute Gasteiger partial charge is 0.273 e. The molecule has 0 heterocycles. The molecular formula is C12H10Cl4O3S. The van der Waals surface area contributed by atoms with Crippen molar-refractivity contribution in [3.05, 3.63) is 47.0 Å². The van der Waals surface area contributed by atoms with Gasteiger partial charge < -0.3 is 0 Å². The van der Waals surface area contributed by atoms with Gasteiger partial charge in [-0.05, 0) is 11.6 Å². The number of rotatable bonds is 2. The minimum absolute atomic E-state index is 0.0735. The summed E-state index contributed by atoms with van der Waals surface area (Å²) < 4.78 is 31.1. The van der Waals surface area contributed by atoms with Gasteiger partial charge in [0.2, 0.25) is 0 Å². The third-order valence-electron chi connectivity index (χ3n) is 3.15. The zero-order valence-electron chi connectivity index (χ0n) is 9.93. The zero-order valence-corrected chi connectivity index (χ0v) is 13.8. The van der Waals surface area contributed by atoms with E-state index in [1.807, 2.05) is 0 Å². The first-order valence-electron chi connectivity index (χ1n) is 5.54. The van der Waals surface area contributed by atoms with Crippen molar-refractivity contribution in [1.29, 1.82) is 0 Å². The highest BCUT2D eigenvalue weighted by atomic mass is 35.5. The van der Waals surface area contributed by atoms with Crippen LogP contribution in [0.4, 0.5) is 0 Å². The molecule has 0 radical (unpaired) electrons. The second-order valence-corrected chi connectivity index (χ2v) is 8.66. The fourth-order valence-corrected chi connectivity index (χ4v) is 4.88. The molecule has 1 N–H and O–H groups in total. The van der Waals surface area contributed by atoms with Gasteiger partial charge in [0.15, 0.2) is 4.33 Å². The molecule has 3 nitrogen and oxygen atoms in total. The number of benzene rings is 1. The van der Waals surface area contributed by atoms with Crippen LogP contribution in [0.2, 0.25) is 0 Å². The molecule has 2 atom stereocenters. The van der Waals surface area contributed by atoms with E-state index in [-0.39, 0.29) is 11.5 Å². The molecule has 0 bridgehead atoms. The Labute approximate surface area is 137 Å². The van der Waals surface area contributed by atoms with Gasteiger partial charge in [0.05, 0.1) is 9.91 Å². The second-order valence-electron chi connectivity index (χ2n) is 4.56. The summed E-state index contributed by atoms with van der Waals surface area (Å²) in [5, 5.41) is -1.51. The highest BCUT2D eigenvalue weighted by Crippen LogP contribution is 2.53. The van der Waals surface area contributed by atoms with Crippen molar-refractivity contribution >= 4 is 56.5 Å². The molecule has 8 heteroatoms. The first-order chi connectivity index (χ1) is 9.07. The van der Waals surface area contributed by atoms with Crippen molar-refractivity contribution in [2.45, 2.75) is 20.9 Å². The largest absolute Gasteiger partial charge is 0.285 e. The fraction of sp³-hybridized carbons (Fsp3) is 0.333. The van der Waals surface area contributed by atoms with Crippen LogP contribution >= 0.6 is 46.4 Å². The van der Waals surface area contributed by atoms with Gasteiger partial charge in [-0.25, -0.2) is 0 Å². The summed E-state index contributed by atoms with van der Waals surface area (Å²) in [6.45, 7) is 0. The van der Waals surface area contributed by atoms with Crippen LogP contribution in [0.1, 0.15) is 12.0 Å². The number of alkyl halides is 3. The van der Waals surface area contributed by atoms with Gasteiger partial charge in [-0.15, -0.1) is 11.6 Å². The van der Waals surface area contributed by atoms with Crippen molar-refractivity contribution in [2.75, 3.05) is 0 Å². The maximum atomic E-state index is 11.6. The van der Waals surface area contributed by atoms with Gasteiger partial charge in [-0.3, -0.25) is 4.55 Å². The molecule has 2 unspecified atom stereocenters. The molecule has 1 aliphatic carbocycles. The first kappa shape index (κ1) is 16.4. The Morgan fingerprint density at radius 3 is 2.20 bits per heavy atom. The van der Waals surface area contributed by atoms with Crippen molar-refractivity contribution in [3.63, 3.8) is 0 Å². The summed E-state index contributed by atoms with van der Waals surface area (Å²) in [4.78, 5) is -1.50. The summed E-state index contributed by atoms with van der Waals surface area (Å²) in [6, 6.07) is 8.44. The Kier molecular flexibility index (Phi) is 4.38. The van der Waals surface area contributed by atoms with E-state index in [4.69, 9.17) is 46.4 Å². The molecule has 1 aliphatic rings. The van der Waals surface area contributed by atoms with Gasteiger partial charge in [-0.1, -0.05) is 65.1 Å². The Bertz CT molecular complexity index is 642. The van der Waals surface area contributed by atoms with Gasteiger partial charge in [0.1, 0.15) is 5.25 Å². The highest BCUT2D eigenvalue weighted by Gasteiger charge is 2.54. The molecule has 20 heavy (non-hydrogen) atoms. The molecule has 0 spiro atoms. The van der Waals surface area contributed by atoms with Gasteiger partial charge in [0.25, 0.3) is 10.1 Å². The number of halogens is 4. The summed E-state index contributed by atoms with van der Waals surface area (Å²) in [6.07, 6.45) is 0.925. The Hall–Kier alpha value is 0.0300. The van der Waals surface area contributed by atoms with E-state index in [2.05, 4.69) is 0 Å². The van der Waals surface area contributed by atoms with Crippen LogP contribution in [0, 0.1) is 0 Å². The molecule has 0 saturated heterocycles. The normalized spacial score (nSPS) is 29.9. The average molecular weight is 376 g/mol. The summed E-state index contributed by atoms with van der Waals surface area (Å²) in [5.41, 5.74) is 0.482. The molecule has 0 aromatic heterocycles. The highest BCUT2D eigenvalue weighted by molar-refractivity contribution is 7.86. The molecule has 110 valence electrons. The van der Waals surface area contributed by atoms with Crippen LogP contribution < -0.4 is 0 Å². The molecule has 0 fully saturated rings. The molecule has 0 saturated carbocycles. The second kappa shape index (κ2) is 5.34. The fourth-order valence-electron chi connectivity index (χ4n) is 2.20. The maximum absolute atomic E-state index is 11.6. The zero-order chi connectivity index (χ0) is 15.2. The number of allylic oxidation sites excluding steroid dienone is 1. The Morgan fingerprint density at radius 1 is 1.15 bits per heavy atom. The van der Waals surface area contributed by atoms with Crippen LogP contribution in [-0.2, 0) is 15.0 Å². The SMILES string of the molecule is O=S(=O)(O)C1C=C(Cl)C(Cl)(Cl)CC1(Cl)c1ccccc1. The van der Waals surface area contributed by atoms with Crippen molar-refractivity contribution in [2.24, 2.45) is 0 Å². The van der Waals surface area contributed by atoms with Crippen molar-refractivity contribution in [1.82, 2.24) is 0 Å². The van der Waals surface area contributed by atoms with Crippen molar-refractivity contribution in [3.8, 4) is 0 Å². The van der Waals surface area contributed by atoms with Gasteiger partial charge in [0, 0.05) is 6.42 Å². The van der Waals surface area contributed by atoms with E-state index in [0.717, 1.165) is 6.08 Å². The lowest BCUT2D eigenvalue weighted by Gasteiger charge is -2.40. The maximum Gasteiger partial charge on any atom is 0.273 e. The lowest BCUT2D eigenvalue weighted by atomic mass is 9.85. The van der Waals surface area contributed by atoms with Gasteiger partial charge >= 0.3 is 0 Å². The Morgan fingerprint density at radius 2 is 1.70 bits per heavy atom. The molecule has 2 rings (SSSR count). The lowest BCUT2D eigenvalue weighted by Crippen LogP contribution is -2.46. The van der Waals surface area contributed by atoms with E-state index in [1.165, 1.54) is 0 Å². The van der Waals surface area contributed by atoms with E-state index in [1.54, 1.807) is 30.3 Å². The minimum atomic E-state index is -4.47. The van der Waals surface area contributed by atoms with E-state index >= 15 is 0 Å². The summed E-state index contributed by atoms with van der Waals surface area (Å²) in [7, 11) is -4.47. The third-order valence-corrected chi connectivity index (χ3v) is 6.37. The van der Waals surface area contributed by atoms with Gasteiger partial charge in [-0.2, -0.15) is 8.42 Å². The first-order valence-corrected chi connectivity index (χ1v) is 8.55. The lowest BCUT2D eigenvalue weighted by molar-refractivity contribution is 0.438. The quantitative estimate of drug-likeness (QED) is 0.625. The monoisotopic (exact) mass is 374 g/mol. The molecule has 0 amide bonds. The number of hydrogen-bond acceptors (Lipinski definition) is 2. The van der Waals surface area contributed by atoms with Crippen LogP contribution in [0.5, 0.6) is 0 Å². The van der Waals surface area contributed by atoms with E-state index in [0.29, 0.717) is 5.56 Å². The molecule has 1 aromatic rings. The van der Waals surface area contributed by atoms with Crippen molar-refractivity contribution < 1.29 is 13.0 Å². The third kappa shape index (κ3) is 2.96. The predicted octanol–water partition coefficient (Wildman–Crippen LogP) is 4.08. The predicted molar refractivity (Wildman–Crippen MR) is 82.3 cm³/mol. The number of hydrogen-bond donors (Lipinski definition) is 1. The van der Waals surface area contributed by atoms with Crippen LogP contribution in [0.3, 0.4) is 0 Å². The van der Waals surface area contributed by atoms with Crippen LogP contribution in [-0.4, -0.2) is 22.6 Å². The average Bonchev–Trinajstić information content (AvgIpc) is 2.33. The Balaban J connectivity index is 2.66. The molecule has 1 aromatic carbocycles. The van der Waals surface area contributed by atoms with E-state index < -0.39 is 24.6 Å². The molecule has 0 aliphatic heterocycles. The topological polar surface area (TPSA) is 54.4 Å². The summed E-state index contributed by atoms with van der Waals surface area (Å²) >= 11 is 24.5.